The number of aromatic nitrogens is 1. The van der Waals surface area contributed by atoms with E-state index >= 15 is 0 Å². The summed E-state index contributed by atoms with van der Waals surface area (Å²) in [6.07, 6.45) is 1.87. The maximum atomic E-state index is 13.2. The van der Waals surface area contributed by atoms with E-state index in [4.69, 9.17) is 4.74 Å². The minimum atomic E-state index is -0.818. The highest BCUT2D eigenvalue weighted by atomic mass is 19.1. The highest BCUT2D eigenvalue weighted by molar-refractivity contribution is 5.88. The van der Waals surface area contributed by atoms with Crippen molar-refractivity contribution in [3.05, 3.63) is 66.1 Å². The summed E-state index contributed by atoms with van der Waals surface area (Å²) >= 11 is 0. The third-order valence-electron chi connectivity index (χ3n) is 6.10. The summed E-state index contributed by atoms with van der Waals surface area (Å²) in [5, 5.41) is 3.89. The predicted octanol–water partition coefficient (Wildman–Crippen LogP) is 3.48. The summed E-state index contributed by atoms with van der Waals surface area (Å²) in [5.74, 6) is -1.05. The number of nitrogens with zero attached hydrogens (tertiary/aromatic N) is 2. The standard InChI is InChI=1S/C24H27FN4O3/c1-16(20-15-26-21-6-4-3-5-19(20)21)22(23(30)32-2)27-24(31)29-13-11-28(12-14-29)18-9-7-17(25)8-10-18/h3-10,15-16,22,26H,11-14H2,1-2H3,(H,27,31). The Labute approximate surface area is 186 Å². The van der Waals surface area contributed by atoms with E-state index in [0.29, 0.717) is 26.2 Å². The minimum Gasteiger partial charge on any atom is -0.467 e. The number of carbonyl (C=O) groups is 2. The van der Waals surface area contributed by atoms with E-state index < -0.39 is 12.0 Å². The number of aromatic amines is 1. The zero-order valence-corrected chi connectivity index (χ0v) is 18.2. The predicted molar refractivity (Wildman–Crippen MR) is 121 cm³/mol. The molecule has 8 heteroatoms. The van der Waals surface area contributed by atoms with Crippen molar-refractivity contribution in [3.8, 4) is 0 Å². The molecule has 1 aliphatic heterocycles. The number of hydrogen-bond acceptors (Lipinski definition) is 4. The second kappa shape index (κ2) is 9.30. The van der Waals surface area contributed by atoms with Gasteiger partial charge in [-0.05, 0) is 35.9 Å². The molecule has 2 heterocycles. The average Bonchev–Trinajstić information content (AvgIpc) is 3.26. The molecule has 0 radical (unpaired) electrons. The van der Waals surface area contributed by atoms with Gasteiger partial charge in [0.25, 0.3) is 0 Å². The summed E-state index contributed by atoms with van der Waals surface area (Å²) in [6, 6.07) is 13.1. The lowest BCUT2D eigenvalue weighted by molar-refractivity contribution is -0.143. The zero-order chi connectivity index (χ0) is 22.7. The van der Waals surface area contributed by atoms with Crippen LogP contribution in [-0.4, -0.2) is 61.2 Å². The number of urea groups is 1. The fourth-order valence-electron chi connectivity index (χ4n) is 4.21. The molecule has 7 nitrogen and oxygen atoms in total. The first-order valence-corrected chi connectivity index (χ1v) is 10.7. The SMILES string of the molecule is COC(=O)C(NC(=O)N1CCN(c2ccc(F)cc2)CC1)C(C)c1c[nH]c2ccccc12. The van der Waals surface area contributed by atoms with Gasteiger partial charge in [-0.1, -0.05) is 25.1 Å². The van der Waals surface area contributed by atoms with Crippen LogP contribution in [0.25, 0.3) is 10.9 Å². The fraction of sp³-hybridized carbons (Fsp3) is 0.333. The summed E-state index contributed by atoms with van der Waals surface area (Å²) in [7, 11) is 1.32. The molecule has 2 amide bonds. The van der Waals surface area contributed by atoms with Gasteiger partial charge in [-0.15, -0.1) is 0 Å². The molecule has 2 unspecified atom stereocenters. The van der Waals surface area contributed by atoms with E-state index in [1.165, 1.54) is 19.2 Å². The van der Waals surface area contributed by atoms with E-state index in [-0.39, 0.29) is 17.8 Å². The van der Waals surface area contributed by atoms with Gasteiger partial charge in [-0.2, -0.15) is 0 Å². The number of halogens is 1. The van der Waals surface area contributed by atoms with Crippen molar-refractivity contribution in [2.45, 2.75) is 18.9 Å². The van der Waals surface area contributed by atoms with Gasteiger partial charge in [0.2, 0.25) is 0 Å². The van der Waals surface area contributed by atoms with Crippen LogP contribution in [0.3, 0.4) is 0 Å². The molecule has 2 atom stereocenters. The maximum absolute atomic E-state index is 13.2. The molecule has 1 aliphatic rings. The summed E-state index contributed by atoms with van der Waals surface area (Å²) in [4.78, 5) is 32.6. The van der Waals surface area contributed by atoms with Crippen LogP contribution in [0.2, 0.25) is 0 Å². The van der Waals surface area contributed by atoms with Crippen LogP contribution in [0.4, 0.5) is 14.9 Å². The lowest BCUT2D eigenvalue weighted by atomic mass is 9.93. The number of rotatable bonds is 5. The number of carbonyl (C=O) groups excluding carboxylic acids is 2. The normalized spacial score (nSPS) is 16.0. The number of fused-ring (bicyclic) bond motifs is 1. The van der Waals surface area contributed by atoms with E-state index in [2.05, 4.69) is 15.2 Å². The van der Waals surface area contributed by atoms with Crippen molar-refractivity contribution in [2.24, 2.45) is 0 Å². The Morgan fingerprint density at radius 2 is 1.75 bits per heavy atom. The third-order valence-corrected chi connectivity index (χ3v) is 6.10. The molecule has 1 fully saturated rings. The Hall–Kier alpha value is -3.55. The molecule has 2 N–H and O–H groups in total. The van der Waals surface area contributed by atoms with Gasteiger partial charge in [0, 0.05) is 54.9 Å². The number of esters is 1. The molecule has 4 rings (SSSR count). The first-order chi connectivity index (χ1) is 15.5. The fourth-order valence-corrected chi connectivity index (χ4v) is 4.21. The number of para-hydroxylation sites is 1. The Morgan fingerprint density at radius 1 is 1.06 bits per heavy atom. The van der Waals surface area contributed by atoms with Gasteiger partial charge in [0.1, 0.15) is 11.9 Å². The van der Waals surface area contributed by atoms with Crippen LogP contribution in [0.15, 0.2) is 54.7 Å². The van der Waals surface area contributed by atoms with Crippen LogP contribution < -0.4 is 10.2 Å². The first kappa shape index (κ1) is 21.7. The minimum absolute atomic E-state index is 0.273. The van der Waals surface area contributed by atoms with E-state index in [1.807, 2.05) is 37.4 Å². The first-order valence-electron chi connectivity index (χ1n) is 10.7. The number of methoxy groups -OCH3 is 1. The van der Waals surface area contributed by atoms with E-state index in [1.54, 1.807) is 17.0 Å². The summed E-state index contributed by atoms with van der Waals surface area (Å²) < 4.78 is 18.2. The largest absolute Gasteiger partial charge is 0.467 e. The number of H-pyrrole nitrogens is 1. The molecule has 0 aliphatic carbocycles. The van der Waals surface area contributed by atoms with Crippen molar-refractivity contribution in [1.29, 1.82) is 0 Å². The number of nitrogens with one attached hydrogen (secondary N) is 2. The molecule has 0 spiro atoms. The van der Waals surface area contributed by atoms with Gasteiger partial charge >= 0.3 is 12.0 Å². The average molecular weight is 439 g/mol. The van der Waals surface area contributed by atoms with Gasteiger partial charge < -0.3 is 24.8 Å². The smallest absolute Gasteiger partial charge is 0.329 e. The monoisotopic (exact) mass is 438 g/mol. The number of amides is 2. The van der Waals surface area contributed by atoms with Crippen molar-refractivity contribution in [1.82, 2.24) is 15.2 Å². The van der Waals surface area contributed by atoms with E-state index in [0.717, 1.165) is 22.2 Å². The number of anilines is 1. The topological polar surface area (TPSA) is 77.7 Å². The third kappa shape index (κ3) is 4.39. The molecule has 3 aromatic rings. The molecular weight excluding hydrogens is 411 g/mol. The quantitative estimate of drug-likeness (QED) is 0.598. The lowest BCUT2D eigenvalue weighted by Crippen LogP contribution is -2.55. The molecule has 2 aromatic carbocycles. The number of hydrogen-bond donors (Lipinski definition) is 2. The van der Waals surface area contributed by atoms with Crippen molar-refractivity contribution in [3.63, 3.8) is 0 Å². The number of piperazine rings is 1. The van der Waals surface area contributed by atoms with Crippen LogP contribution in [-0.2, 0) is 9.53 Å². The summed E-state index contributed by atoms with van der Waals surface area (Å²) in [5.41, 5.74) is 2.84. The number of benzene rings is 2. The Morgan fingerprint density at radius 3 is 2.44 bits per heavy atom. The molecule has 32 heavy (non-hydrogen) atoms. The highest BCUT2D eigenvalue weighted by Gasteiger charge is 2.32. The number of ether oxygens (including phenoxy) is 1. The molecule has 1 aromatic heterocycles. The Bertz CT molecular complexity index is 1090. The van der Waals surface area contributed by atoms with Crippen molar-refractivity contribution < 1.29 is 18.7 Å². The van der Waals surface area contributed by atoms with Crippen molar-refractivity contribution in [2.75, 3.05) is 38.2 Å². The van der Waals surface area contributed by atoms with Crippen LogP contribution in [0.1, 0.15) is 18.4 Å². The molecule has 0 bridgehead atoms. The van der Waals surface area contributed by atoms with Gasteiger partial charge in [0.05, 0.1) is 7.11 Å². The van der Waals surface area contributed by atoms with Crippen LogP contribution >= 0.6 is 0 Å². The lowest BCUT2D eigenvalue weighted by Gasteiger charge is -2.37. The van der Waals surface area contributed by atoms with Crippen LogP contribution in [0.5, 0.6) is 0 Å². The van der Waals surface area contributed by atoms with Gasteiger partial charge in [0.15, 0.2) is 0 Å². The second-order valence-electron chi connectivity index (χ2n) is 7.98. The Kier molecular flexibility index (Phi) is 6.30. The van der Waals surface area contributed by atoms with Gasteiger partial charge in [-0.3, -0.25) is 0 Å². The molecule has 0 saturated carbocycles. The van der Waals surface area contributed by atoms with Gasteiger partial charge in [-0.25, -0.2) is 14.0 Å². The molecule has 1 saturated heterocycles. The second-order valence-corrected chi connectivity index (χ2v) is 7.98. The highest BCUT2D eigenvalue weighted by Crippen LogP contribution is 2.28. The molecular formula is C24H27FN4O3. The molecule has 168 valence electrons. The van der Waals surface area contributed by atoms with Crippen molar-refractivity contribution >= 4 is 28.6 Å². The zero-order valence-electron chi connectivity index (χ0n) is 18.2. The maximum Gasteiger partial charge on any atom is 0.329 e. The summed E-state index contributed by atoms with van der Waals surface area (Å²) in [6.45, 7) is 4.15. The van der Waals surface area contributed by atoms with E-state index in [9.17, 15) is 14.0 Å². The van der Waals surface area contributed by atoms with Crippen LogP contribution in [0, 0.1) is 5.82 Å². The Balaban J connectivity index is 1.43.